The number of nitrogens with two attached hydrogens (primary N) is 1. The number of carbonyl (C=O) groups excluding carboxylic acids is 1. The van der Waals surface area contributed by atoms with Crippen molar-refractivity contribution < 1.29 is 13.2 Å². The summed E-state index contributed by atoms with van der Waals surface area (Å²) >= 11 is 5.90. The molecule has 0 aromatic heterocycles. The maximum atomic E-state index is 13.6. The first-order valence-corrected chi connectivity index (χ1v) is 10.8. The first-order chi connectivity index (χ1) is 14.3. The van der Waals surface area contributed by atoms with Crippen LogP contribution >= 0.6 is 11.6 Å². The van der Waals surface area contributed by atoms with Crippen molar-refractivity contribution in [3.63, 3.8) is 0 Å². The van der Waals surface area contributed by atoms with Gasteiger partial charge in [-0.1, -0.05) is 60.1 Å². The van der Waals surface area contributed by atoms with E-state index in [1.807, 2.05) is 0 Å². The fraction of sp³-hybridized carbons (Fsp3) is 0.0909. The molecule has 3 rings (SSSR count). The molecule has 0 aliphatic rings. The number of amides is 1. The molecule has 1 atom stereocenters. The van der Waals surface area contributed by atoms with Gasteiger partial charge in [-0.05, 0) is 41.5 Å². The Bertz CT molecular complexity index is 1190. The van der Waals surface area contributed by atoms with Gasteiger partial charge >= 0.3 is 0 Å². The van der Waals surface area contributed by atoms with Gasteiger partial charge in [-0.3, -0.25) is 4.79 Å². The minimum atomic E-state index is -4.17. The Morgan fingerprint density at radius 1 is 1.00 bits per heavy atom. The van der Waals surface area contributed by atoms with E-state index < -0.39 is 22.0 Å². The van der Waals surface area contributed by atoms with Crippen molar-refractivity contribution in [2.24, 2.45) is 5.73 Å². The highest BCUT2D eigenvalue weighted by molar-refractivity contribution is 7.89. The Hall–Kier alpha value is -3.18. The van der Waals surface area contributed by atoms with E-state index >= 15 is 0 Å². The Morgan fingerprint density at radius 3 is 2.20 bits per heavy atom. The normalized spacial score (nSPS) is 12.3. The molecule has 0 fully saturated rings. The zero-order valence-electron chi connectivity index (χ0n) is 15.8. The average molecular weight is 440 g/mol. The number of benzene rings is 3. The van der Waals surface area contributed by atoms with E-state index in [2.05, 4.69) is 6.07 Å². The predicted molar refractivity (Wildman–Crippen MR) is 114 cm³/mol. The summed E-state index contributed by atoms with van der Waals surface area (Å²) in [7, 11) is -4.17. The zero-order valence-corrected chi connectivity index (χ0v) is 17.3. The summed E-state index contributed by atoms with van der Waals surface area (Å²) in [6.07, 6.45) is 0. The number of rotatable bonds is 7. The molecule has 0 aliphatic heterocycles. The number of halogens is 1. The molecule has 6 nitrogen and oxygen atoms in total. The smallest absolute Gasteiger partial charge is 0.244 e. The first kappa shape index (κ1) is 21.5. The van der Waals surface area contributed by atoms with Crippen molar-refractivity contribution in [2.75, 3.05) is 0 Å². The molecule has 3 aromatic rings. The number of primary amides is 1. The van der Waals surface area contributed by atoms with Gasteiger partial charge in [0.25, 0.3) is 0 Å². The molecule has 0 aliphatic carbocycles. The fourth-order valence-corrected chi connectivity index (χ4v) is 4.79. The van der Waals surface area contributed by atoms with E-state index in [1.54, 1.807) is 54.6 Å². The minimum Gasteiger partial charge on any atom is -0.368 e. The largest absolute Gasteiger partial charge is 0.368 e. The maximum Gasteiger partial charge on any atom is 0.244 e. The van der Waals surface area contributed by atoms with Gasteiger partial charge in [0.15, 0.2) is 0 Å². The van der Waals surface area contributed by atoms with Gasteiger partial charge in [0.05, 0.1) is 16.5 Å². The van der Waals surface area contributed by atoms with Gasteiger partial charge < -0.3 is 5.73 Å². The van der Waals surface area contributed by atoms with E-state index in [4.69, 9.17) is 17.3 Å². The quantitative estimate of drug-likeness (QED) is 0.606. The number of carbonyl (C=O) groups is 1. The molecule has 0 radical (unpaired) electrons. The van der Waals surface area contributed by atoms with E-state index in [0.29, 0.717) is 21.7 Å². The SMILES string of the molecule is N#Cc1ccccc1CN(C(C(N)=O)c1ccccc1)S(=O)(=O)c1ccc(Cl)cc1. The third-order valence-electron chi connectivity index (χ3n) is 4.56. The van der Waals surface area contributed by atoms with Gasteiger partial charge in [0, 0.05) is 11.6 Å². The number of sulfonamides is 1. The molecule has 0 saturated heterocycles. The van der Waals surface area contributed by atoms with Crippen LogP contribution in [0.15, 0.2) is 83.8 Å². The topological polar surface area (TPSA) is 104 Å². The number of hydrogen-bond acceptors (Lipinski definition) is 4. The molecule has 2 N–H and O–H groups in total. The fourth-order valence-electron chi connectivity index (χ4n) is 3.10. The first-order valence-electron chi connectivity index (χ1n) is 8.94. The lowest BCUT2D eigenvalue weighted by Crippen LogP contribution is -2.41. The Balaban J connectivity index is 2.18. The molecule has 0 saturated carbocycles. The second kappa shape index (κ2) is 9.09. The van der Waals surface area contributed by atoms with Crippen molar-refractivity contribution >= 4 is 27.5 Å². The minimum absolute atomic E-state index is 0.0384. The lowest BCUT2D eigenvalue weighted by molar-refractivity contribution is -0.122. The van der Waals surface area contributed by atoms with Crippen LogP contribution in [0.3, 0.4) is 0 Å². The summed E-state index contributed by atoms with van der Waals surface area (Å²) in [5, 5.41) is 9.80. The molecular weight excluding hydrogens is 422 g/mol. The van der Waals surface area contributed by atoms with Crippen molar-refractivity contribution in [2.45, 2.75) is 17.5 Å². The highest BCUT2D eigenvalue weighted by Gasteiger charge is 2.36. The van der Waals surface area contributed by atoms with Crippen LogP contribution in [-0.2, 0) is 21.4 Å². The van der Waals surface area contributed by atoms with Gasteiger partial charge in [-0.2, -0.15) is 9.57 Å². The van der Waals surface area contributed by atoms with Crippen LogP contribution < -0.4 is 5.73 Å². The molecule has 0 heterocycles. The predicted octanol–water partition coefficient (Wildman–Crippen LogP) is 3.63. The highest BCUT2D eigenvalue weighted by atomic mass is 35.5. The highest BCUT2D eigenvalue weighted by Crippen LogP contribution is 2.31. The molecule has 1 amide bonds. The Labute approximate surface area is 180 Å². The zero-order chi connectivity index (χ0) is 21.7. The lowest BCUT2D eigenvalue weighted by Gasteiger charge is -2.29. The van der Waals surface area contributed by atoms with Crippen LogP contribution in [0.5, 0.6) is 0 Å². The molecule has 152 valence electrons. The molecular formula is C22H18ClN3O3S. The average Bonchev–Trinajstić information content (AvgIpc) is 2.74. The van der Waals surface area contributed by atoms with Crippen LogP contribution in [0.25, 0.3) is 0 Å². The molecule has 0 spiro atoms. The van der Waals surface area contributed by atoms with Crippen LogP contribution in [0, 0.1) is 11.3 Å². The third kappa shape index (κ3) is 4.52. The maximum absolute atomic E-state index is 13.6. The van der Waals surface area contributed by atoms with E-state index in [1.165, 1.54) is 24.3 Å². The Kier molecular flexibility index (Phi) is 6.53. The number of nitrogens with zero attached hydrogens (tertiary/aromatic N) is 2. The van der Waals surface area contributed by atoms with Gasteiger partial charge in [0.1, 0.15) is 6.04 Å². The van der Waals surface area contributed by atoms with Gasteiger partial charge in [0.2, 0.25) is 15.9 Å². The van der Waals surface area contributed by atoms with Gasteiger partial charge in [-0.25, -0.2) is 8.42 Å². The summed E-state index contributed by atoms with van der Waals surface area (Å²) < 4.78 is 28.1. The molecule has 1 unspecified atom stereocenters. The molecule has 30 heavy (non-hydrogen) atoms. The van der Waals surface area contributed by atoms with Crippen molar-refractivity contribution in [3.05, 3.63) is 101 Å². The second-order valence-corrected chi connectivity index (χ2v) is 8.82. The van der Waals surface area contributed by atoms with Crippen LogP contribution in [-0.4, -0.2) is 18.6 Å². The third-order valence-corrected chi connectivity index (χ3v) is 6.63. The van der Waals surface area contributed by atoms with Crippen molar-refractivity contribution in [3.8, 4) is 6.07 Å². The van der Waals surface area contributed by atoms with Crippen LogP contribution in [0.2, 0.25) is 5.02 Å². The summed E-state index contributed by atoms with van der Waals surface area (Å²) in [6.45, 7) is -0.211. The summed E-state index contributed by atoms with van der Waals surface area (Å²) in [4.78, 5) is 12.4. The number of nitriles is 1. The summed E-state index contributed by atoms with van der Waals surface area (Å²) in [6, 6.07) is 21.5. The van der Waals surface area contributed by atoms with Crippen molar-refractivity contribution in [1.29, 1.82) is 5.26 Å². The standard InChI is InChI=1S/C22H18ClN3O3S/c23-19-10-12-20(13-11-19)30(28,29)26(15-18-9-5-4-8-17(18)14-24)21(22(25)27)16-6-2-1-3-7-16/h1-13,21H,15H2,(H2,25,27). The van der Waals surface area contributed by atoms with E-state index in [9.17, 15) is 18.5 Å². The molecule has 3 aromatic carbocycles. The van der Waals surface area contributed by atoms with E-state index in [0.717, 1.165) is 4.31 Å². The second-order valence-electron chi connectivity index (χ2n) is 6.49. The molecule has 8 heteroatoms. The van der Waals surface area contributed by atoms with Crippen LogP contribution in [0.1, 0.15) is 22.7 Å². The monoisotopic (exact) mass is 439 g/mol. The molecule has 0 bridgehead atoms. The van der Waals surface area contributed by atoms with Gasteiger partial charge in [-0.15, -0.1) is 0 Å². The van der Waals surface area contributed by atoms with Crippen LogP contribution in [0.4, 0.5) is 0 Å². The lowest BCUT2D eigenvalue weighted by atomic mass is 10.0. The Morgan fingerprint density at radius 2 is 1.60 bits per heavy atom. The van der Waals surface area contributed by atoms with Crippen molar-refractivity contribution in [1.82, 2.24) is 4.31 Å². The van der Waals surface area contributed by atoms with E-state index in [-0.39, 0.29) is 11.4 Å². The summed E-state index contributed by atoms with van der Waals surface area (Å²) in [5.41, 5.74) is 6.86. The summed E-state index contributed by atoms with van der Waals surface area (Å²) in [5.74, 6) is -0.826. The number of hydrogen-bond donors (Lipinski definition) is 1.